The van der Waals surface area contributed by atoms with Gasteiger partial charge in [0.05, 0.1) is 5.92 Å². The number of nitrogens with zero attached hydrogens (tertiary/aromatic N) is 4. The zero-order chi connectivity index (χ0) is 25.2. The molecule has 0 radical (unpaired) electrons. The topological polar surface area (TPSA) is 136 Å². The molecule has 9 nitrogen and oxygen atoms in total. The molecule has 2 atom stereocenters. The van der Waals surface area contributed by atoms with Crippen molar-refractivity contribution in [3.8, 4) is 11.3 Å². The molecule has 9 heteroatoms. The third-order valence-electron chi connectivity index (χ3n) is 6.89. The molecule has 0 saturated heterocycles. The van der Waals surface area contributed by atoms with Crippen LogP contribution in [0.1, 0.15) is 60.3 Å². The summed E-state index contributed by atoms with van der Waals surface area (Å²) in [5, 5.41) is 12.4. The number of hydrogen-bond donors (Lipinski definition) is 3. The molecule has 0 aliphatic heterocycles. The van der Waals surface area contributed by atoms with E-state index in [1.807, 2.05) is 41.8 Å². The quantitative estimate of drug-likeness (QED) is 0.365. The van der Waals surface area contributed by atoms with E-state index in [1.54, 1.807) is 24.5 Å². The lowest BCUT2D eigenvalue weighted by Gasteiger charge is -2.25. The van der Waals surface area contributed by atoms with Crippen molar-refractivity contribution in [2.24, 2.45) is 5.92 Å². The number of nitrogens with two attached hydrogens (primary N) is 1. The third kappa shape index (κ3) is 4.51. The van der Waals surface area contributed by atoms with Crippen LogP contribution in [-0.2, 0) is 11.2 Å². The maximum atomic E-state index is 12.8. The molecule has 3 heterocycles. The minimum Gasteiger partial charge on any atom is -0.481 e. The van der Waals surface area contributed by atoms with Crippen LogP contribution in [0.4, 0.5) is 11.6 Å². The van der Waals surface area contributed by atoms with Crippen molar-refractivity contribution >= 4 is 29.0 Å². The van der Waals surface area contributed by atoms with Gasteiger partial charge in [-0.15, -0.1) is 0 Å². The number of aromatic nitrogens is 4. The number of carboxylic acid groups (broad SMARTS) is 1. The lowest BCUT2D eigenvalue weighted by Crippen LogP contribution is -2.22. The molecule has 1 fully saturated rings. The molecule has 184 valence electrons. The van der Waals surface area contributed by atoms with Crippen LogP contribution in [-0.4, -0.2) is 36.3 Å². The summed E-state index contributed by atoms with van der Waals surface area (Å²) >= 11 is 0. The number of aliphatic carboxylic acids is 1. The molecule has 1 aromatic carbocycles. The minimum atomic E-state index is -0.757. The number of hydrogen-bond acceptors (Lipinski definition) is 6. The van der Waals surface area contributed by atoms with Crippen LogP contribution in [0.2, 0.25) is 0 Å². The van der Waals surface area contributed by atoms with Crippen LogP contribution in [0.15, 0.2) is 55.0 Å². The molecule has 1 aliphatic carbocycles. The Kier molecular flexibility index (Phi) is 6.37. The number of nitrogen functional groups attached to an aromatic ring is 1. The summed E-state index contributed by atoms with van der Waals surface area (Å²) < 4.78 is 1.93. The second-order valence-corrected chi connectivity index (χ2v) is 9.18. The third-order valence-corrected chi connectivity index (χ3v) is 6.89. The SMILES string of the molecule is CCc1ccnc(NC(=O)c2ccc(-c3nc(C4CCCC(C(=O)O)C4)n4ccnc(N)c34)cc2)c1. The van der Waals surface area contributed by atoms with Gasteiger partial charge in [-0.3, -0.25) is 14.0 Å². The molecule has 1 aliphatic rings. The largest absolute Gasteiger partial charge is 0.481 e. The normalized spacial score (nSPS) is 17.7. The van der Waals surface area contributed by atoms with E-state index in [9.17, 15) is 14.7 Å². The van der Waals surface area contributed by atoms with Crippen LogP contribution in [0.25, 0.3) is 16.8 Å². The average Bonchev–Trinajstić information content (AvgIpc) is 3.30. The van der Waals surface area contributed by atoms with Crippen molar-refractivity contribution in [2.45, 2.75) is 44.9 Å². The molecule has 5 rings (SSSR count). The summed E-state index contributed by atoms with van der Waals surface area (Å²) in [4.78, 5) is 37.8. The number of aryl methyl sites for hydroxylation is 1. The number of anilines is 2. The first-order valence-corrected chi connectivity index (χ1v) is 12.2. The Balaban J connectivity index is 1.45. The van der Waals surface area contributed by atoms with Crippen LogP contribution in [0, 0.1) is 5.92 Å². The van der Waals surface area contributed by atoms with Gasteiger partial charge in [0.2, 0.25) is 0 Å². The van der Waals surface area contributed by atoms with Gasteiger partial charge in [-0.25, -0.2) is 15.0 Å². The van der Waals surface area contributed by atoms with E-state index in [2.05, 4.69) is 15.3 Å². The van der Waals surface area contributed by atoms with E-state index in [1.165, 1.54) is 0 Å². The summed E-state index contributed by atoms with van der Waals surface area (Å²) in [6.45, 7) is 2.05. The molecule has 1 saturated carbocycles. The van der Waals surface area contributed by atoms with E-state index in [-0.39, 0.29) is 17.7 Å². The van der Waals surface area contributed by atoms with E-state index in [0.29, 0.717) is 41.3 Å². The van der Waals surface area contributed by atoms with Crippen molar-refractivity contribution in [1.29, 1.82) is 0 Å². The second-order valence-electron chi connectivity index (χ2n) is 9.18. The highest BCUT2D eigenvalue weighted by molar-refractivity contribution is 6.04. The summed E-state index contributed by atoms with van der Waals surface area (Å²) in [7, 11) is 0. The highest BCUT2D eigenvalue weighted by atomic mass is 16.4. The Morgan fingerprint density at radius 2 is 1.94 bits per heavy atom. The fourth-order valence-electron chi connectivity index (χ4n) is 4.96. The van der Waals surface area contributed by atoms with Gasteiger partial charge in [0.15, 0.2) is 0 Å². The molecule has 0 spiro atoms. The lowest BCUT2D eigenvalue weighted by atomic mass is 9.81. The Bertz CT molecular complexity index is 1430. The molecule has 0 bridgehead atoms. The van der Waals surface area contributed by atoms with Crippen LogP contribution in [0.3, 0.4) is 0 Å². The zero-order valence-electron chi connectivity index (χ0n) is 20.0. The van der Waals surface area contributed by atoms with Crippen molar-refractivity contribution in [1.82, 2.24) is 19.4 Å². The van der Waals surface area contributed by atoms with Crippen molar-refractivity contribution < 1.29 is 14.7 Å². The molecule has 4 aromatic rings. The van der Waals surface area contributed by atoms with Gasteiger partial charge >= 0.3 is 5.97 Å². The second kappa shape index (κ2) is 9.77. The fourth-order valence-corrected chi connectivity index (χ4v) is 4.96. The van der Waals surface area contributed by atoms with Crippen molar-refractivity contribution in [3.05, 3.63) is 71.9 Å². The number of pyridine rings is 1. The Hall–Kier alpha value is -4.27. The van der Waals surface area contributed by atoms with E-state index >= 15 is 0 Å². The minimum absolute atomic E-state index is 0.0133. The number of carboxylic acids is 1. The first kappa shape index (κ1) is 23.5. The number of imidazole rings is 1. The molecule has 1 amide bonds. The molecule has 36 heavy (non-hydrogen) atoms. The molecular weight excluding hydrogens is 456 g/mol. The van der Waals surface area contributed by atoms with E-state index in [4.69, 9.17) is 10.7 Å². The predicted octanol–water partition coefficient (Wildman–Crippen LogP) is 4.55. The van der Waals surface area contributed by atoms with Crippen molar-refractivity contribution in [2.75, 3.05) is 11.1 Å². The number of nitrogens with one attached hydrogen (secondary N) is 1. The summed E-state index contributed by atoms with van der Waals surface area (Å²) in [5.74, 6) is 0.292. The number of carbonyl (C=O) groups is 2. The number of benzene rings is 1. The van der Waals surface area contributed by atoms with Gasteiger partial charge in [0.25, 0.3) is 5.91 Å². The van der Waals surface area contributed by atoms with Crippen LogP contribution < -0.4 is 11.1 Å². The zero-order valence-corrected chi connectivity index (χ0v) is 20.0. The van der Waals surface area contributed by atoms with Crippen LogP contribution in [0.5, 0.6) is 0 Å². The van der Waals surface area contributed by atoms with E-state index in [0.717, 1.165) is 36.2 Å². The maximum Gasteiger partial charge on any atom is 0.306 e. The molecule has 3 aromatic heterocycles. The Labute approximate surface area is 208 Å². The molecule has 4 N–H and O–H groups in total. The van der Waals surface area contributed by atoms with Gasteiger partial charge in [0, 0.05) is 35.6 Å². The van der Waals surface area contributed by atoms with Crippen molar-refractivity contribution in [3.63, 3.8) is 0 Å². The summed E-state index contributed by atoms with van der Waals surface area (Å²) in [6, 6.07) is 10.9. The number of fused-ring (bicyclic) bond motifs is 1. The van der Waals surface area contributed by atoms with Gasteiger partial charge in [0.1, 0.15) is 28.7 Å². The molecular formula is C27H28N6O3. The van der Waals surface area contributed by atoms with Crippen LogP contribution >= 0.6 is 0 Å². The standard InChI is InChI=1S/C27H28N6O3/c1-2-16-10-11-29-21(14-16)31-26(34)18-8-6-17(7-9-18)22-23-24(28)30-12-13-33(23)25(32-22)19-4-3-5-20(15-19)27(35)36/h6-14,19-20H,2-5,15H2,1H3,(H2,28,30)(H,35,36)(H,29,31,34). The Morgan fingerprint density at radius 3 is 2.69 bits per heavy atom. The Morgan fingerprint density at radius 1 is 1.14 bits per heavy atom. The lowest BCUT2D eigenvalue weighted by molar-refractivity contribution is -0.143. The highest BCUT2D eigenvalue weighted by Gasteiger charge is 2.31. The summed E-state index contributed by atoms with van der Waals surface area (Å²) in [5.41, 5.74) is 10.00. The summed E-state index contributed by atoms with van der Waals surface area (Å²) in [6.07, 6.45) is 8.93. The van der Waals surface area contributed by atoms with Gasteiger partial charge in [-0.2, -0.15) is 0 Å². The molecule has 2 unspecified atom stereocenters. The van der Waals surface area contributed by atoms with Gasteiger partial charge < -0.3 is 16.2 Å². The first-order valence-electron chi connectivity index (χ1n) is 12.2. The van der Waals surface area contributed by atoms with Gasteiger partial charge in [-0.1, -0.05) is 25.5 Å². The number of rotatable bonds is 6. The maximum absolute atomic E-state index is 12.8. The first-order chi connectivity index (χ1) is 17.4. The highest BCUT2D eigenvalue weighted by Crippen LogP contribution is 2.39. The monoisotopic (exact) mass is 484 g/mol. The predicted molar refractivity (Wildman–Crippen MR) is 137 cm³/mol. The van der Waals surface area contributed by atoms with Gasteiger partial charge in [-0.05, 0) is 55.5 Å². The fraction of sp³-hybridized carbons (Fsp3) is 0.296. The number of amides is 1. The van der Waals surface area contributed by atoms with E-state index < -0.39 is 5.97 Å². The number of carbonyl (C=O) groups excluding carboxylic acids is 1. The smallest absolute Gasteiger partial charge is 0.306 e. The average molecular weight is 485 g/mol.